The van der Waals surface area contributed by atoms with E-state index >= 15 is 0 Å². The average Bonchev–Trinajstić information content (AvgIpc) is 2.34. The van der Waals surface area contributed by atoms with Crippen LogP contribution < -0.4 is 5.32 Å². The van der Waals surface area contributed by atoms with E-state index in [0.29, 0.717) is 11.1 Å². The number of benzene rings is 1. The molecule has 6 heteroatoms. The number of nitrogens with one attached hydrogen (secondary N) is 1. The zero-order valence-electron chi connectivity index (χ0n) is 10.1. The Hall–Kier alpha value is -2.08. The van der Waals surface area contributed by atoms with Crippen LogP contribution in [-0.4, -0.2) is 29.2 Å². The van der Waals surface area contributed by atoms with E-state index in [-0.39, 0.29) is 12.4 Å². The highest BCUT2D eigenvalue weighted by atomic mass is 16.5. The van der Waals surface area contributed by atoms with Crippen molar-refractivity contribution >= 4 is 11.9 Å². The van der Waals surface area contributed by atoms with Crippen molar-refractivity contribution in [1.29, 1.82) is 0 Å². The Morgan fingerprint density at radius 1 is 1.44 bits per heavy atom. The van der Waals surface area contributed by atoms with Crippen molar-refractivity contribution in [2.45, 2.75) is 19.6 Å². The topological polar surface area (TPSA) is 95.9 Å². The van der Waals surface area contributed by atoms with Crippen LogP contribution in [0.2, 0.25) is 0 Å². The molecular weight excluding hydrogens is 238 g/mol. The molecule has 0 fully saturated rings. The van der Waals surface area contributed by atoms with Crippen LogP contribution in [-0.2, 0) is 20.9 Å². The number of phenols is 1. The van der Waals surface area contributed by atoms with E-state index < -0.39 is 17.9 Å². The second kappa shape index (κ2) is 6.02. The van der Waals surface area contributed by atoms with E-state index in [1.807, 2.05) is 0 Å². The molecule has 3 N–H and O–H groups in total. The zero-order valence-corrected chi connectivity index (χ0v) is 10.1. The number of esters is 1. The molecule has 0 radical (unpaired) electrons. The van der Waals surface area contributed by atoms with E-state index in [1.165, 1.54) is 32.2 Å². The van der Waals surface area contributed by atoms with Gasteiger partial charge in [0.2, 0.25) is 5.91 Å². The number of ether oxygens (including phenoxy) is 1. The second-order valence-electron chi connectivity index (χ2n) is 3.70. The second-order valence-corrected chi connectivity index (χ2v) is 3.70. The molecule has 0 aliphatic rings. The van der Waals surface area contributed by atoms with E-state index in [9.17, 15) is 14.7 Å². The van der Waals surface area contributed by atoms with Gasteiger partial charge in [0.25, 0.3) is 0 Å². The Morgan fingerprint density at radius 3 is 2.56 bits per heavy atom. The third-order valence-electron chi connectivity index (χ3n) is 2.40. The molecule has 98 valence electrons. The van der Waals surface area contributed by atoms with Crippen LogP contribution in [0.15, 0.2) is 18.2 Å². The van der Waals surface area contributed by atoms with Gasteiger partial charge in [-0.25, -0.2) is 4.79 Å². The Kier molecular flexibility index (Phi) is 4.67. The number of methoxy groups -OCH3 is 1. The van der Waals surface area contributed by atoms with Crippen LogP contribution in [0, 0.1) is 0 Å². The lowest BCUT2D eigenvalue weighted by molar-refractivity contribution is -0.145. The van der Waals surface area contributed by atoms with Crippen LogP contribution in [0.5, 0.6) is 5.75 Å². The smallest absolute Gasteiger partial charge is 0.333 e. The van der Waals surface area contributed by atoms with E-state index in [4.69, 9.17) is 5.11 Å². The molecule has 18 heavy (non-hydrogen) atoms. The Balaban J connectivity index is 3.08. The molecule has 1 aromatic rings. The van der Waals surface area contributed by atoms with Gasteiger partial charge in [0.15, 0.2) is 6.04 Å². The average molecular weight is 253 g/mol. The number of rotatable bonds is 4. The highest BCUT2D eigenvalue weighted by molar-refractivity contribution is 5.84. The molecule has 0 spiro atoms. The molecule has 0 aliphatic heterocycles. The predicted molar refractivity (Wildman–Crippen MR) is 62.6 cm³/mol. The van der Waals surface area contributed by atoms with Crippen LogP contribution in [0.4, 0.5) is 0 Å². The first-order valence-corrected chi connectivity index (χ1v) is 5.27. The summed E-state index contributed by atoms with van der Waals surface area (Å²) in [6, 6.07) is 3.33. The molecule has 0 heterocycles. The highest BCUT2D eigenvalue weighted by Gasteiger charge is 2.23. The first kappa shape index (κ1) is 14.0. The number of aliphatic hydroxyl groups is 1. The number of carbonyl (C=O) groups is 2. The molecule has 0 saturated heterocycles. The first-order valence-electron chi connectivity index (χ1n) is 5.27. The predicted octanol–water partition coefficient (Wildman–Crippen LogP) is 0.235. The van der Waals surface area contributed by atoms with Gasteiger partial charge in [0, 0.05) is 12.5 Å². The summed E-state index contributed by atoms with van der Waals surface area (Å²) in [5.41, 5.74) is 0.719. The third-order valence-corrected chi connectivity index (χ3v) is 2.40. The maximum atomic E-state index is 11.5. The maximum absolute atomic E-state index is 11.5. The number of amides is 1. The summed E-state index contributed by atoms with van der Waals surface area (Å²) in [7, 11) is 1.21. The number of hydrogen-bond acceptors (Lipinski definition) is 5. The van der Waals surface area contributed by atoms with Gasteiger partial charge in [-0.15, -0.1) is 0 Å². The molecule has 6 nitrogen and oxygen atoms in total. The largest absolute Gasteiger partial charge is 0.508 e. The minimum Gasteiger partial charge on any atom is -0.508 e. The van der Waals surface area contributed by atoms with Crippen molar-refractivity contribution < 1.29 is 24.5 Å². The van der Waals surface area contributed by atoms with E-state index in [1.54, 1.807) is 0 Å². The van der Waals surface area contributed by atoms with Crippen molar-refractivity contribution in [3.8, 4) is 5.75 Å². The van der Waals surface area contributed by atoms with Gasteiger partial charge in [-0.2, -0.15) is 0 Å². The van der Waals surface area contributed by atoms with Gasteiger partial charge < -0.3 is 20.3 Å². The third kappa shape index (κ3) is 3.21. The van der Waals surface area contributed by atoms with Gasteiger partial charge in [-0.05, 0) is 11.6 Å². The Labute approximate surface area is 104 Å². The molecule has 1 amide bonds. The molecule has 1 aromatic carbocycles. The fourth-order valence-electron chi connectivity index (χ4n) is 1.49. The monoisotopic (exact) mass is 253 g/mol. The Bertz CT molecular complexity index is 458. The van der Waals surface area contributed by atoms with Gasteiger partial charge in [-0.3, -0.25) is 4.79 Å². The molecule has 1 atom stereocenters. The number of hydrogen-bond donors (Lipinski definition) is 3. The summed E-state index contributed by atoms with van der Waals surface area (Å²) in [5, 5.41) is 21.0. The molecule has 0 bridgehead atoms. The lowest BCUT2D eigenvalue weighted by atomic mass is 10.0. The summed E-state index contributed by atoms with van der Waals surface area (Å²) < 4.78 is 4.58. The van der Waals surface area contributed by atoms with Crippen LogP contribution >= 0.6 is 0 Å². The molecule has 1 unspecified atom stereocenters. The minimum atomic E-state index is -0.980. The van der Waals surface area contributed by atoms with Crippen molar-refractivity contribution in [3.63, 3.8) is 0 Å². The van der Waals surface area contributed by atoms with E-state index in [2.05, 4.69) is 10.1 Å². The molecule has 0 aromatic heterocycles. The fraction of sp³-hybridized carbons (Fsp3) is 0.333. The summed E-state index contributed by atoms with van der Waals surface area (Å²) in [6.07, 6.45) is 0. The fourth-order valence-corrected chi connectivity index (χ4v) is 1.49. The maximum Gasteiger partial charge on any atom is 0.333 e. The zero-order chi connectivity index (χ0) is 13.7. The SMILES string of the molecule is COC(=O)C(NC(C)=O)c1ccc(CO)c(O)c1. The van der Waals surface area contributed by atoms with Crippen molar-refractivity contribution in [3.05, 3.63) is 29.3 Å². The normalized spacial score (nSPS) is 11.7. The summed E-state index contributed by atoms with van der Waals surface area (Å²) in [4.78, 5) is 22.6. The first-order chi connectivity index (χ1) is 8.49. The van der Waals surface area contributed by atoms with Crippen LogP contribution in [0.3, 0.4) is 0 Å². The minimum absolute atomic E-state index is 0.144. The van der Waals surface area contributed by atoms with Gasteiger partial charge in [-0.1, -0.05) is 12.1 Å². The van der Waals surface area contributed by atoms with Gasteiger partial charge in [0.05, 0.1) is 13.7 Å². The Morgan fingerprint density at radius 2 is 2.11 bits per heavy atom. The lowest BCUT2D eigenvalue weighted by Crippen LogP contribution is -2.32. The lowest BCUT2D eigenvalue weighted by Gasteiger charge is -2.16. The summed E-state index contributed by atoms with van der Waals surface area (Å²) >= 11 is 0. The van der Waals surface area contributed by atoms with Crippen molar-refractivity contribution in [1.82, 2.24) is 5.32 Å². The van der Waals surface area contributed by atoms with Gasteiger partial charge >= 0.3 is 5.97 Å². The quantitative estimate of drug-likeness (QED) is 0.668. The molecule has 0 aliphatic carbocycles. The van der Waals surface area contributed by atoms with Gasteiger partial charge in [0.1, 0.15) is 5.75 Å². The molecule has 0 saturated carbocycles. The van der Waals surface area contributed by atoms with Crippen LogP contribution in [0.25, 0.3) is 0 Å². The number of aromatic hydroxyl groups is 1. The van der Waals surface area contributed by atoms with Crippen molar-refractivity contribution in [2.24, 2.45) is 0 Å². The van der Waals surface area contributed by atoms with E-state index in [0.717, 1.165) is 0 Å². The summed E-state index contributed by atoms with van der Waals surface area (Å²) in [6.45, 7) is 0.965. The summed E-state index contributed by atoms with van der Waals surface area (Å²) in [5.74, 6) is -1.17. The van der Waals surface area contributed by atoms with Crippen LogP contribution in [0.1, 0.15) is 24.1 Å². The number of carbonyl (C=O) groups excluding carboxylic acids is 2. The standard InChI is InChI=1S/C12H15NO5/c1-7(15)13-11(12(17)18-2)8-3-4-9(6-14)10(16)5-8/h3-5,11,14,16H,6H2,1-2H3,(H,13,15). The molecule has 1 rings (SSSR count). The highest BCUT2D eigenvalue weighted by Crippen LogP contribution is 2.23. The van der Waals surface area contributed by atoms with Crippen molar-refractivity contribution in [2.75, 3.05) is 7.11 Å². The molecular formula is C12H15NO5. The number of aliphatic hydroxyl groups excluding tert-OH is 1.